The summed E-state index contributed by atoms with van der Waals surface area (Å²) in [5, 5.41) is 5.44. The van der Waals surface area contributed by atoms with E-state index in [2.05, 4.69) is 180 Å². The van der Waals surface area contributed by atoms with E-state index in [-0.39, 0.29) is 24.8 Å². The summed E-state index contributed by atoms with van der Waals surface area (Å²) in [6.07, 6.45) is 10.0. The molecule has 0 atom stereocenters. The predicted molar refractivity (Wildman–Crippen MR) is 200 cm³/mol. The van der Waals surface area contributed by atoms with Crippen LogP contribution < -0.4 is 34.6 Å². The maximum atomic E-state index is 2.99. The van der Waals surface area contributed by atoms with Crippen molar-refractivity contribution in [3.05, 3.63) is 139 Å². The molecule has 0 aromatic heterocycles. The van der Waals surface area contributed by atoms with Gasteiger partial charge in [0.1, 0.15) is 0 Å². The molecule has 0 amide bonds. The predicted octanol–water partition coefficient (Wildman–Crippen LogP) is 5.07. The summed E-state index contributed by atoms with van der Waals surface area (Å²) in [7, 11) is 0. The molecule has 48 heavy (non-hydrogen) atoms. The number of allylic oxidation sites excluding steroid dienone is 4. The van der Waals surface area contributed by atoms with Crippen molar-refractivity contribution < 1.29 is 49.0 Å². The Morgan fingerprint density at radius 1 is 0.646 bits per heavy atom. The Morgan fingerprint density at radius 2 is 1.19 bits per heavy atom. The van der Waals surface area contributed by atoms with Gasteiger partial charge in [-0.25, -0.2) is 12.2 Å². The summed E-state index contributed by atoms with van der Waals surface area (Å²) in [5.74, 6) is 0. The minimum absolute atomic E-state index is 0. The summed E-state index contributed by atoms with van der Waals surface area (Å²) >= 11 is 1.46. The van der Waals surface area contributed by atoms with Gasteiger partial charge in [-0.1, -0.05) is 35.7 Å². The number of halogens is 2. The molecular formula is C43H50Cl2N2Zr-2. The Morgan fingerprint density at radius 3 is 1.62 bits per heavy atom. The van der Waals surface area contributed by atoms with Crippen molar-refractivity contribution in [1.82, 2.24) is 0 Å². The normalized spacial score (nSPS) is 11.6. The van der Waals surface area contributed by atoms with Crippen LogP contribution in [-0.2, 0) is 24.2 Å². The van der Waals surface area contributed by atoms with Crippen LogP contribution >= 0.6 is 0 Å². The molecule has 0 N–H and O–H groups in total. The molecule has 5 aromatic carbocycles. The van der Waals surface area contributed by atoms with E-state index in [4.69, 9.17) is 0 Å². The number of nitrogens with zero attached hydrogens (tertiary/aromatic N) is 2. The quantitative estimate of drug-likeness (QED) is 0.204. The van der Waals surface area contributed by atoms with Crippen LogP contribution in [0.2, 0.25) is 0 Å². The monoisotopic (exact) mass is 754 g/mol. The van der Waals surface area contributed by atoms with E-state index in [0.717, 1.165) is 6.42 Å². The van der Waals surface area contributed by atoms with Crippen molar-refractivity contribution in [2.45, 2.75) is 86.0 Å². The van der Waals surface area contributed by atoms with Gasteiger partial charge >= 0.3 is 99.2 Å². The Labute approximate surface area is 317 Å². The van der Waals surface area contributed by atoms with Gasteiger partial charge in [0.15, 0.2) is 0 Å². The molecule has 5 aromatic rings. The van der Waals surface area contributed by atoms with Gasteiger partial charge in [0.2, 0.25) is 0 Å². The average molecular weight is 757 g/mol. The number of fused-ring (bicyclic) bond motifs is 3. The molecule has 0 radical (unpaired) electrons. The van der Waals surface area contributed by atoms with Crippen LogP contribution in [0.25, 0.3) is 21.5 Å². The number of anilines is 2. The Kier molecular flexibility index (Phi) is 17.2. The van der Waals surface area contributed by atoms with E-state index in [1.165, 1.54) is 71.5 Å². The molecule has 5 heteroatoms. The second kappa shape index (κ2) is 20.0. The van der Waals surface area contributed by atoms with E-state index in [9.17, 15) is 0 Å². The minimum atomic E-state index is 0. The zero-order chi connectivity index (χ0) is 33.2. The number of hydrogen-bond donors (Lipinski definition) is 0. The van der Waals surface area contributed by atoms with E-state index in [0.29, 0.717) is 24.2 Å². The van der Waals surface area contributed by atoms with Crippen LogP contribution in [0.3, 0.4) is 0 Å². The first kappa shape index (κ1) is 41.3. The number of benzene rings is 4. The average Bonchev–Trinajstić information content (AvgIpc) is 3.74. The first-order valence-corrected chi connectivity index (χ1v) is 17.9. The van der Waals surface area contributed by atoms with Crippen LogP contribution in [-0.4, -0.2) is 27.4 Å². The van der Waals surface area contributed by atoms with Crippen LogP contribution in [0.4, 0.5) is 11.4 Å². The van der Waals surface area contributed by atoms with Gasteiger partial charge in [0, 0.05) is 35.5 Å². The van der Waals surface area contributed by atoms with Crippen LogP contribution in [0, 0.1) is 6.08 Å². The molecule has 0 heterocycles. The van der Waals surface area contributed by atoms with E-state index < -0.39 is 0 Å². The molecule has 0 bridgehead atoms. The SMILES string of the molecule is CC(C)N(c1ccc2c(c1)[cH-]c1cccc(N(C(C)C)C(C)C)c12)C(C)C.[C-]1=CC=CC1.[Cl-].[Cl-].[Zr+2]=[C](c1ccccc1)c1ccccc1. The van der Waals surface area contributed by atoms with Crippen LogP contribution in [0.5, 0.6) is 0 Å². The third-order valence-corrected chi connectivity index (χ3v) is 9.62. The fourth-order valence-electron chi connectivity index (χ4n) is 6.47. The van der Waals surface area contributed by atoms with Gasteiger partial charge in [0.25, 0.3) is 0 Å². The molecule has 0 saturated carbocycles. The second-order valence-electron chi connectivity index (χ2n) is 13.0. The zero-order valence-electron chi connectivity index (χ0n) is 29.7. The molecule has 1 aliphatic rings. The van der Waals surface area contributed by atoms with Crippen molar-refractivity contribution in [3.63, 3.8) is 0 Å². The van der Waals surface area contributed by atoms with Crippen molar-refractivity contribution in [2.24, 2.45) is 0 Å². The van der Waals surface area contributed by atoms with Crippen molar-refractivity contribution >= 4 is 36.1 Å². The number of rotatable bonds is 8. The summed E-state index contributed by atoms with van der Waals surface area (Å²) in [6, 6.07) is 39.1. The molecule has 0 aliphatic heterocycles. The first-order chi connectivity index (χ1) is 22.1. The first-order valence-electron chi connectivity index (χ1n) is 16.7. The van der Waals surface area contributed by atoms with Gasteiger partial charge in [-0.3, -0.25) is 6.08 Å². The summed E-state index contributed by atoms with van der Waals surface area (Å²) in [6.45, 7) is 18.2. The van der Waals surface area contributed by atoms with Gasteiger partial charge in [0.05, 0.1) is 0 Å². The van der Waals surface area contributed by atoms with E-state index in [1.54, 1.807) is 0 Å². The van der Waals surface area contributed by atoms with Crippen molar-refractivity contribution in [3.8, 4) is 0 Å². The van der Waals surface area contributed by atoms with E-state index >= 15 is 0 Å². The molecule has 252 valence electrons. The third-order valence-electron chi connectivity index (χ3n) is 8.20. The maximum absolute atomic E-state index is 2.99. The van der Waals surface area contributed by atoms with Crippen LogP contribution in [0.15, 0.2) is 121 Å². The molecule has 1 aliphatic carbocycles. The molecule has 2 nitrogen and oxygen atoms in total. The third kappa shape index (κ3) is 10.6. The van der Waals surface area contributed by atoms with Gasteiger partial charge < -0.3 is 34.6 Å². The number of hydrogen-bond acceptors (Lipinski definition) is 2. The molecular weight excluding hydrogens is 707 g/mol. The van der Waals surface area contributed by atoms with Gasteiger partial charge in [-0.05, 0) is 55.4 Å². The Balaban J connectivity index is 0.000000317. The van der Waals surface area contributed by atoms with Crippen LogP contribution in [0.1, 0.15) is 72.9 Å². The van der Waals surface area contributed by atoms with Gasteiger partial charge in [-0.2, -0.15) is 6.08 Å². The van der Waals surface area contributed by atoms with Crippen molar-refractivity contribution in [2.75, 3.05) is 9.80 Å². The Bertz CT molecular complexity index is 1680. The topological polar surface area (TPSA) is 6.48 Å². The molecule has 0 spiro atoms. The summed E-state index contributed by atoms with van der Waals surface area (Å²) in [5.41, 5.74) is 5.33. The summed E-state index contributed by atoms with van der Waals surface area (Å²) < 4.78 is 1.42. The fourth-order valence-corrected chi connectivity index (χ4v) is 7.29. The fraction of sp³-hybridized carbons (Fsp3) is 0.302. The molecule has 0 unspecified atom stereocenters. The van der Waals surface area contributed by atoms with Crippen molar-refractivity contribution in [1.29, 1.82) is 0 Å². The van der Waals surface area contributed by atoms with Gasteiger partial charge in [-0.15, -0.1) is 34.7 Å². The Hall–Kier alpha value is -2.84. The standard InChI is InChI=1S/C25H35N2.C13H10.C5H5.2ClH.Zr/c1-16(2)26(17(3)4)22-12-13-23-21(15-22)14-20-10-9-11-24(25(20)23)27(18(5)6)19(7)8;1-3-7-12(8-4-1)11-13-9-5-2-6-10-13;1-2-4-5-3-1;;;/h9-19H,1-8H3;1-10H;1-3H,4H2;2*1H;/q-1;;-1;;;+2/p-2. The van der Waals surface area contributed by atoms with E-state index in [1.807, 2.05) is 12.2 Å². The molecule has 0 fully saturated rings. The zero-order valence-corrected chi connectivity index (χ0v) is 33.7. The molecule has 6 rings (SSSR count). The second-order valence-corrected chi connectivity index (χ2v) is 14.2. The molecule has 0 saturated heterocycles. The summed E-state index contributed by atoms with van der Waals surface area (Å²) in [4.78, 5) is 5.02.